The minimum Gasteiger partial charge on any atom is -0.456 e. The van der Waals surface area contributed by atoms with E-state index < -0.39 is 0 Å². The third-order valence-corrected chi connectivity index (χ3v) is 14.8. The monoisotopic (exact) mass is 895 g/mol. The summed E-state index contributed by atoms with van der Waals surface area (Å²) in [5.74, 6) is 1.72. The Morgan fingerprint density at radius 1 is 0.588 bits per heavy atom. The van der Waals surface area contributed by atoms with Gasteiger partial charge in [0.25, 0.3) is 0 Å². The van der Waals surface area contributed by atoms with Crippen LogP contribution >= 0.6 is 11.3 Å². The number of benzene rings is 7. The molecule has 4 heterocycles. The predicted molar refractivity (Wildman–Crippen MR) is 286 cm³/mol. The molecule has 0 atom stereocenters. The molecule has 0 radical (unpaired) electrons. The summed E-state index contributed by atoms with van der Waals surface area (Å²) in [5, 5.41) is 6.21. The van der Waals surface area contributed by atoms with Gasteiger partial charge in [0.05, 0.1) is 0 Å². The minimum absolute atomic E-state index is 0.256. The van der Waals surface area contributed by atoms with Crippen molar-refractivity contribution in [2.45, 2.75) is 27.7 Å². The molecule has 1 aliphatic carbocycles. The van der Waals surface area contributed by atoms with Gasteiger partial charge in [0, 0.05) is 63.8 Å². The molecule has 0 amide bonds. The first kappa shape index (κ1) is 41.3. The van der Waals surface area contributed by atoms with Crippen molar-refractivity contribution in [1.29, 1.82) is 0 Å². The maximum atomic E-state index is 6.65. The maximum absolute atomic E-state index is 6.65. The van der Waals surface area contributed by atoms with Gasteiger partial charge in [0.1, 0.15) is 22.3 Å². The highest BCUT2D eigenvalue weighted by molar-refractivity contribution is 7.25. The fraction of sp³-hybridized carbons (Fsp3) is 0.0806. The summed E-state index contributed by atoms with van der Waals surface area (Å²) in [6.07, 6.45) is 10.4. The van der Waals surface area contributed by atoms with Gasteiger partial charge in [-0.05, 0) is 107 Å². The van der Waals surface area contributed by atoms with E-state index in [1.54, 1.807) is 11.3 Å². The molecular formula is C62H45N3O2S. The molecule has 0 bridgehead atoms. The molecule has 0 N–H and O–H groups in total. The first-order chi connectivity index (χ1) is 33.2. The fourth-order valence-electron chi connectivity index (χ4n) is 10.5. The second-order valence-electron chi connectivity index (χ2n) is 18.0. The van der Waals surface area contributed by atoms with Crippen LogP contribution < -0.4 is 0 Å². The summed E-state index contributed by atoms with van der Waals surface area (Å²) in [7, 11) is 0. The molecule has 4 aromatic heterocycles. The zero-order valence-electron chi connectivity index (χ0n) is 38.2. The zero-order chi connectivity index (χ0) is 46.3. The van der Waals surface area contributed by atoms with E-state index >= 15 is 0 Å². The summed E-state index contributed by atoms with van der Waals surface area (Å²) in [4.78, 5) is 16.1. The molecule has 6 heteroatoms. The quantitative estimate of drug-likeness (QED) is 0.142. The summed E-state index contributed by atoms with van der Waals surface area (Å²) < 4.78 is 15.4. The van der Waals surface area contributed by atoms with Gasteiger partial charge in [-0.3, -0.25) is 0 Å². The largest absolute Gasteiger partial charge is 0.456 e. The average molecular weight is 896 g/mol. The number of hydrogen-bond donors (Lipinski definition) is 0. The summed E-state index contributed by atoms with van der Waals surface area (Å²) in [5.41, 5.74) is 14.8. The Morgan fingerprint density at radius 2 is 1.16 bits per heavy atom. The van der Waals surface area contributed by atoms with Gasteiger partial charge in [-0.1, -0.05) is 154 Å². The second kappa shape index (κ2) is 16.0. The molecule has 0 unspecified atom stereocenters. The van der Waals surface area contributed by atoms with E-state index in [1.807, 2.05) is 54.6 Å². The van der Waals surface area contributed by atoms with E-state index in [0.29, 0.717) is 17.5 Å². The third kappa shape index (κ3) is 6.47. The number of fused-ring (bicyclic) bond motifs is 9. The number of para-hydroxylation sites is 1. The molecule has 68 heavy (non-hydrogen) atoms. The topological polar surface area (TPSA) is 65.0 Å². The Morgan fingerprint density at radius 3 is 1.87 bits per heavy atom. The van der Waals surface area contributed by atoms with Crippen molar-refractivity contribution in [1.82, 2.24) is 15.0 Å². The molecule has 7 aromatic carbocycles. The van der Waals surface area contributed by atoms with Crippen LogP contribution in [-0.4, -0.2) is 15.0 Å². The molecule has 326 valence electrons. The van der Waals surface area contributed by atoms with E-state index in [-0.39, 0.29) is 5.41 Å². The molecule has 12 rings (SSSR count). The highest BCUT2D eigenvalue weighted by atomic mass is 32.1. The minimum atomic E-state index is -0.256. The number of aromatic nitrogens is 3. The van der Waals surface area contributed by atoms with Crippen LogP contribution in [0.3, 0.4) is 0 Å². The number of allylic oxidation sites excluding steroid dienone is 10. The Labute approximate surface area is 398 Å². The maximum Gasteiger partial charge on any atom is 0.164 e. The lowest BCUT2D eigenvalue weighted by molar-refractivity contribution is 0.580. The lowest BCUT2D eigenvalue weighted by Crippen LogP contribution is -2.14. The van der Waals surface area contributed by atoms with Crippen LogP contribution in [0.5, 0.6) is 0 Å². The second-order valence-corrected chi connectivity index (χ2v) is 19.0. The molecule has 0 fully saturated rings. The van der Waals surface area contributed by atoms with Crippen LogP contribution in [0.25, 0.3) is 115 Å². The van der Waals surface area contributed by atoms with Gasteiger partial charge in [0.2, 0.25) is 0 Å². The molecule has 0 saturated carbocycles. The number of hydrogen-bond acceptors (Lipinski definition) is 6. The van der Waals surface area contributed by atoms with Crippen molar-refractivity contribution in [3.63, 3.8) is 0 Å². The summed E-state index contributed by atoms with van der Waals surface area (Å²) in [6.45, 7) is 17.4. The normalized spacial score (nSPS) is 15.0. The van der Waals surface area contributed by atoms with Crippen molar-refractivity contribution < 1.29 is 8.83 Å². The fourth-order valence-corrected chi connectivity index (χ4v) is 11.7. The number of rotatable bonds is 8. The molecule has 0 spiro atoms. The van der Waals surface area contributed by atoms with Crippen LogP contribution in [0.1, 0.15) is 33.3 Å². The standard InChI is InChI=1S/C62H45N3O2S/c1-7-9-26-48-36(3)37(4)58(62(48,5)6)41(18-8-2)40-20-14-19-38(34-40)39-32-33-50-47(35-39)56-45(24-16-29-52(56)67-50)60-63-59(44-23-15-28-51-55(44)42-21-10-12-27-49(42)66-51)64-61(65-60)46-25-17-31-54-57(46)43-22-11-13-30-53(43)68-54/h7-35H,1,4H2,2-3,5-6H3/b18-8-,26-9-,58-41-. The number of furan rings is 2. The third-order valence-electron chi connectivity index (χ3n) is 13.6. The molecule has 11 aromatic rings. The Kier molecular flexibility index (Phi) is 9.71. The van der Waals surface area contributed by atoms with E-state index in [4.69, 9.17) is 23.8 Å². The van der Waals surface area contributed by atoms with Crippen LogP contribution in [-0.2, 0) is 0 Å². The van der Waals surface area contributed by atoms with E-state index in [0.717, 1.165) is 93.8 Å². The Balaban J connectivity index is 1.06. The SMILES string of the molecule is C=C/C=C\C1=C(C)C(=C)/C(=C(\C=C/C)c2cccc(-c3ccc4oc5cccc(-c6nc(-c7cccc8oc9ccccc9c78)nc(-c7cccc8sc9ccccc9c78)n6)c5c4c3)c2)C1(C)C. The lowest BCUT2D eigenvalue weighted by atomic mass is 9.77. The van der Waals surface area contributed by atoms with Crippen LogP contribution in [0.4, 0.5) is 0 Å². The summed E-state index contributed by atoms with van der Waals surface area (Å²) >= 11 is 1.78. The van der Waals surface area contributed by atoms with Crippen molar-refractivity contribution in [2.24, 2.45) is 5.41 Å². The van der Waals surface area contributed by atoms with E-state index in [9.17, 15) is 0 Å². The lowest BCUT2D eigenvalue weighted by Gasteiger charge is -2.26. The Hall–Kier alpha value is -8.19. The van der Waals surface area contributed by atoms with Gasteiger partial charge >= 0.3 is 0 Å². The first-order valence-corrected chi connectivity index (χ1v) is 23.7. The van der Waals surface area contributed by atoms with Gasteiger partial charge < -0.3 is 8.83 Å². The van der Waals surface area contributed by atoms with Gasteiger partial charge in [-0.2, -0.15) is 0 Å². The van der Waals surface area contributed by atoms with Crippen LogP contribution in [0, 0.1) is 5.41 Å². The molecule has 0 saturated heterocycles. The van der Waals surface area contributed by atoms with Crippen molar-refractivity contribution in [3.05, 3.63) is 217 Å². The number of nitrogens with zero attached hydrogens (tertiary/aromatic N) is 3. The first-order valence-electron chi connectivity index (χ1n) is 22.9. The Bertz CT molecular complexity index is 3940. The van der Waals surface area contributed by atoms with E-state index in [1.165, 1.54) is 31.5 Å². The van der Waals surface area contributed by atoms with Crippen LogP contribution in [0.15, 0.2) is 220 Å². The zero-order valence-corrected chi connectivity index (χ0v) is 39.0. The van der Waals surface area contributed by atoms with Crippen molar-refractivity contribution >= 4 is 81.0 Å². The number of thiophene rings is 1. The van der Waals surface area contributed by atoms with Crippen molar-refractivity contribution in [3.8, 4) is 45.3 Å². The highest BCUT2D eigenvalue weighted by Crippen LogP contribution is 2.53. The molecular weight excluding hydrogens is 851 g/mol. The van der Waals surface area contributed by atoms with Gasteiger partial charge in [-0.15, -0.1) is 11.3 Å². The smallest absolute Gasteiger partial charge is 0.164 e. The summed E-state index contributed by atoms with van der Waals surface area (Å²) in [6, 6.07) is 50.6. The highest BCUT2D eigenvalue weighted by Gasteiger charge is 2.38. The van der Waals surface area contributed by atoms with Crippen molar-refractivity contribution in [2.75, 3.05) is 0 Å². The van der Waals surface area contributed by atoms with Gasteiger partial charge in [0.15, 0.2) is 17.5 Å². The molecule has 0 aliphatic heterocycles. The van der Waals surface area contributed by atoms with Crippen LogP contribution in [0.2, 0.25) is 0 Å². The average Bonchev–Trinajstić information content (AvgIpc) is 4.10. The molecule has 1 aliphatic rings. The predicted octanol–water partition coefficient (Wildman–Crippen LogP) is 17.7. The molecule has 5 nitrogen and oxygen atoms in total. The van der Waals surface area contributed by atoms with Gasteiger partial charge in [-0.25, -0.2) is 15.0 Å². The van der Waals surface area contributed by atoms with E-state index in [2.05, 4.69) is 162 Å².